The zero-order valence-electron chi connectivity index (χ0n) is 11.8. The molecule has 0 bridgehead atoms. The van der Waals surface area contributed by atoms with Crippen LogP contribution in [-0.4, -0.2) is 20.6 Å². The number of aliphatic hydroxyl groups excluding tert-OH is 1. The van der Waals surface area contributed by atoms with Gasteiger partial charge in [-0.15, -0.1) is 0 Å². The van der Waals surface area contributed by atoms with Gasteiger partial charge in [0, 0.05) is 5.69 Å². The van der Waals surface area contributed by atoms with Crippen LogP contribution >= 0.6 is 0 Å². The van der Waals surface area contributed by atoms with E-state index in [0.717, 1.165) is 5.56 Å². The van der Waals surface area contributed by atoms with Gasteiger partial charge in [-0.2, -0.15) is 0 Å². The number of nitrogens with one attached hydrogen (secondary N) is 1. The summed E-state index contributed by atoms with van der Waals surface area (Å²) in [6.07, 6.45) is 0. The first-order valence-corrected chi connectivity index (χ1v) is 7.82. The highest BCUT2D eigenvalue weighted by atomic mass is 32.2. The minimum Gasteiger partial charge on any atom is -0.495 e. The van der Waals surface area contributed by atoms with Gasteiger partial charge in [0.2, 0.25) is 0 Å². The van der Waals surface area contributed by atoms with E-state index in [9.17, 15) is 8.42 Å². The summed E-state index contributed by atoms with van der Waals surface area (Å²) in [5.41, 5.74) is 1.84. The summed E-state index contributed by atoms with van der Waals surface area (Å²) in [5, 5.41) is 9.10. The molecule has 0 unspecified atom stereocenters. The van der Waals surface area contributed by atoms with Crippen LogP contribution in [0.4, 0.5) is 5.69 Å². The Morgan fingerprint density at radius 1 is 1.19 bits per heavy atom. The maximum absolute atomic E-state index is 12.5. The Bertz CT molecular complexity index is 741. The Hall–Kier alpha value is -2.05. The van der Waals surface area contributed by atoms with E-state index in [-0.39, 0.29) is 17.3 Å². The van der Waals surface area contributed by atoms with E-state index in [1.807, 2.05) is 6.92 Å². The Kier molecular flexibility index (Phi) is 4.50. The average molecular weight is 307 g/mol. The predicted molar refractivity (Wildman–Crippen MR) is 80.9 cm³/mol. The second kappa shape index (κ2) is 6.15. The van der Waals surface area contributed by atoms with Gasteiger partial charge in [-0.1, -0.05) is 18.2 Å². The Morgan fingerprint density at radius 3 is 2.62 bits per heavy atom. The van der Waals surface area contributed by atoms with Crippen molar-refractivity contribution in [3.8, 4) is 5.75 Å². The minimum atomic E-state index is -3.76. The van der Waals surface area contributed by atoms with Crippen molar-refractivity contribution in [2.24, 2.45) is 0 Å². The van der Waals surface area contributed by atoms with Crippen molar-refractivity contribution in [2.45, 2.75) is 18.4 Å². The zero-order valence-corrected chi connectivity index (χ0v) is 12.6. The van der Waals surface area contributed by atoms with Crippen molar-refractivity contribution in [1.29, 1.82) is 0 Å². The van der Waals surface area contributed by atoms with Gasteiger partial charge in [0.05, 0.1) is 13.7 Å². The number of aryl methyl sites for hydroxylation is 1. The average Bonchev–Trinajstić information content (AvgIpc) is 2.47. The largest absolute Gasteiger partial charge is 0.495 e. The van der Waals surface area contributed by atoms with Gasteiger partial charge in [-0.3, -0.25) is 4.72 Å². The number of methoxy groups -OCH3 is 1. The number of benzene rings is 2. The monoisotopic (exact) mass is 307 g/mol. The van der Waals surface area contributed by atoms with E-state index < -0.39 is 10.0 Å². The van der Waals surface area contributed by atoms with Gasteiger partial charge >= 0.3 is 0 Å². The summed E-state index contributed by atoms with van der Waals surface area (Å²) in [4.78, 5) is 0.0828. The molecule has 0 radical (unpaired) electrons. The highest BCUT2D eigenvalue weighted by Crippen LogP contribution is 2.27. The van der Waals surface area contributed by atoms with E-state index in [2.05, 4.69) is 4.72 Å². The molecule has 2 N–H and O–H groups in total. The predicted octanol–water partition coefficient (Wildman–Crippen LogP) is 2.30. The fourth-order valence-corrected chi connectivity index (χ4v) is 3.24. The molecule has 6 heteroatoms. The molecule has 0 saturated heterocycles. The number of ether oxygens (including phenoxy) is 1. The van der Waals surface area contributed by atoms with Crippen molar-refractivity contribution in [3.63, 3.8) is 0 Å². The van der Waals surface area contributed by atoms with Crippen LogP contribution in [0, 0.1) is 6.92 Å². The second-order valence-corrected chi connectivity index (χ2v) is 6.27. The van der Waals surface area contributed by atoms with Crippen LogP contribution in [0.2, 0.25) is 0 Å². The third-order valence-electron chi connectivity index (χ3n) is 2.97. The molecule has 21 heavy (non-hydrogen) atoms. The van der Waals surface area contributed by atoms with Crippen molar-refractivity contribution >= 4 is 15.7 Å². The van der Waals surface area contributed by atoms with Gasteiger partial charge < -0.3 is 9.84 Å². The quantitative estimate of drug-likeness (QED) is 0.888. The maximum atomic E-state index is 12.5. The number of aliphatic hydroxyl groups is 1. The van der Waals surface area contributed by atoms with Gasteiger partial charge in [-0.05, 0) is 42.3 Å². The lowest BCUT2D eigenvalue weighted by molar-refractivity contribution is 0.282. The molecule has 2 aromatic rings. The van der Waals surface area contributed by atoms with Crippen LogP contribution in [0.3, 0.4) is 0 Å². The van der Waals surface area contributed by atoms with Crippen LogP contribution in [0.1, 0.15) is 11.1 Å². The molecule has 0 saturated carbocycles. The molecule has 0 aliphatic heterocycles. The zero-order chi connectivity index (χ0) is 15.5. The fraction of sp³-hybridized carbons (Fsp3) is 0.200. The molecule has 0 spiro atoms. The van der Waals surface area contributed by atoms with Gasteiger partial charge in [0.25, 0.3) is 10.0 Å². The summed E-state index contributed by atoms with van der Waals surface area (Å²) < 4.78 is 32.6. The van der Waals surface area contributed by atoms with Gasteiger partial charge in [-0.25, -0.2) is 8.42 Å². The standard InChI is InChI=1S/C15H17NO4S/c1-11-6-7-14(20-2)15(8-11)21(18,19)16-13-5-3-4-12(9-13)10-17/h3-9,16-17H,10H2,1-2H3. The first-order valence-electron chi connectivity index (χ1n) is 6.33. The van der Waals surface area contributed by atoms with E-state index in [4.69, 9.17) is 9.84 Å². The molecular weight excluding hydrogens is 290 g/mol. The van der Waals surface area contributed by atoms with E-state index in [0.29, 0.717) is 11.3 Å². The molecular formula is C15H17NO4S. The Balaban J connectivity index is 2.40. The molecule has 112 valence electrons. The first kappa shape index (κ1) is 15.3. The van der Waals surface area contributed by atoms with E-state index >= 15 is 0 Å². The normalized spacial score (nSPS) is 11.2. The van der Waals surface area contributed by atoms with Crippen LogP contribution in [-0.2, 0) is 16.6 Å². The summed E-state index contributed by atoms with van der Waals surface area (Å²) in [6.45, 7) is 1.66. The van der Waals surface area contributed by atoms with Crippen LogP contribution in [0.15, 0.2) is 47.4 Å². The summed E-state index contributed by atoms with van der Waals surface area (Å²) in [5.74, 6) is 0.284. The van der Waals surface area contributed by atoms with E-state index in [1.165, 1.54) is 7.11 Å². The molecule has 0 aliphatic carbocycles. The van der Waals surface area contributed by atoms with Crippen molar-refractivity contribution < 1.29 is 18.3 Å². The number of hydrogen-bond acceptors (Lipinski definition) is 4. The number of sulfonamides is 1. The molecule has 5 nitrogen and oxygen atoms in total. The molecule has 0 fully saturated rings. The summed E-state index contributed by atoms with van der Waals surface area (Å²) in [6, 6.07) is 11.6. The van der Waals surface area contributed by atoms with Crippen LogP contribution in [0.5, 0.6) is 5.75 Å². The number of hydrogen-bond donors (Lipinski definition) is 2. The Morgan fingerprint density at radius 2 is 1.95 bits per heavy atom. The minimum absolute atomic E-state index is 0.0828. The molecule has 0 amide bonds. The topological polar surface area (TPSA) is 75.6 Å². The SMILES string of the molecule is COc1ccc(C)cc1S(=O)(=O)Nc1cccc(CO)c1. The molecule has 0 aliphatic rings. The fourth-order valence-electron chi connectivity index (χ4n) is 1.94. The van der Waals surface area contributed by atoms with Crippen LogP contribution in [0.25, 0.3) is 0 Å². The smallest absolute Gasteiger partial charge is 0.265 e. The summed E-state index contributed by atoms with van der Waals surface area (Å²) >= 11 is 0. The van der Waals surface area contributed by atoms with Crippen molar-refractivity contribution in [2.75, 3.05) is 11.8 Å². The lowest BCUT2D eigenvalue weighted by Crippen LogP contribution is -2.14. The molecule has 0 heterocycles. The number of rotatable bonds is 5. The van der Waals surface area contributed by atoms with Crippen molar-refractivity contribution in [3.05, 3.63) is 53.6 Å². The van der Waals surface area contributed by atoms with Gasteiger partial charge in [0.15, 0.2) is 0 Å². The molecule has 0 aromatic heterocycles. The third kappa shape index (κ3) is 3.53. The lowest BCUT2D eigenvalue weighted by Gasteiger charge is -2.12. The van der Waals surface area contributed by atoms with Crippen LogP contribution < -0.4 is 9.46 Å². The van der Waals surface area contributed by atoms with Gasteiger partial charge in [0.1, 0.15) is 10.6 Å². The second-order valence-electron chi connectivity index (χ2n) is 4.62. The third-order valence-corrected chi connectivity index (χ3v) is 4.37. The summed E-state index contributed by atoms with van der Waals surface area (Å²) in [7, 11) is -2.33. The maximum Gasteiger partial charge on any atom is 0.265 e. The molecule has 0 atom stereocenters. The van der Waals surface area contributed by atoms with Crippen molar-refractivity contribution in [1.82, 2.24) is 0 Å². The highest BCUT2D eigenvalue weighted by Gasteiger charge is 2.19. The number of anilines is 1. The first-order chi connectivity index (χ1) is 9.96. The van der Waals surface area contributed by atoms with E-state index in [1.54, 1.807) is 42.5 Å². The molecule has 2 aromatic carbocycles. The molecule has 2 rings (SSSR count). The lowest BCUT2D eigenvalue weighted by atomic mass is 10.2. The highest BCUT2D eigenvalue weighted by molar-refractivity contribution is 7.92. The Labute approximate surface area is 124 Å².